The topological polar surface area (TPSA) is 44.8 Å². The number of rotatable bonds is 4. The highest BCUT2D eigenvalue weighted by molar-refractivity contribution is 5.92. The molecule has 4 heteroatoms. The molecule has 1 unspecified atom stereocenters. The summed E-state index contributed by atoms with van der Waals surface area (Å²) in [5, 5.41) is 9.41. The van der Waals surface area contributed by atoms with Crippen molar-refractivity contribution in [3.05, 3.63) is 90.6 Å². The van der Waals surface area contributed by atoms with Crippen LogP contribution >= 0.6 is 0 Å². The maximum atomic E-state index is 5.06. The van der Waals surface area contributed by atoms with Crippen molar-refractivity contribution in [1.29, 1.82) is 0 Å². The van der Waals surface area contributed by atoms with Gasteiger partial charge in [0.05, 0.1) is 34.7 Å². The molecule has 4 nitrogen and oxygen atoms in total. The monoisotopic (exact) mass is 378 g/mol. The van der Waals surface area contributed by atoms with Gasteiger partial charge in [0.1, 0.15) is 0 Å². The van der Waals surface area contributed by atoms with Crippen molar-refractivity contribution < 1.29 is 0 Å². The lowest BCUT2D eigenvalue weighted by Crippen LogP contribution is -2.22. The molecule has 0 saturated carbocycles. The second-order valence-corrected chi connectivity index (χ2v) is 7.42. The van der Waals surface area contributed by atoms with Gasteiger partial charge in [-0.3, -0.25) is 5.10 Å². The van der Waals surface area contributed by atoms with Gasteiger partial charge in [-0.25, -0.2) is 4.98 Å². The zero-order chi connectivity index (χ0) is 19.8. The van der Waals surface area contributed by atoms with Gasteiger partial charge in [0.2, 0.25) is 0 Å². The van der Waals surface area contributed by atoms with Gasteiger partial charge in [-0.05, 0) is 36.8 Å². The normalized spacial score (nSPS) is 12.3. The van der Waals surface area contributed by atoms with Crippen LogP contribution in [0, 0.1) is 0 Å². The number of aromatic amines is 1. The standard InChI is InChI=1S/C25H22N4/c1-17(18-8-4-3-5-9-18)29(2)24-15-19-10-6-7-11-22(19)27-25(24)20-12-13-23-21(14-20)16-26-28-23/h3-17H,1-2H3,(H,26,28). The summed E-state index contributed by atoms with van der Waals surface area (Å²) >= 11 is 0. The molecule has 0 fully saturated rings. The molecule has 0 spiro atoms. The van der Waals surface area contributed by atoms with Crippen LogP contribution in [-0.4, -0.2) is 22.2 Å². The van der Waals surface area contributed by atoms with E-state index in [1.807, 2.05) is 12.3 Å². The second-order valence-electron chi connectivity index (χ2n) is 7.42. The van der Waals surface area contributed by atoms with Gasteiger partial charge in [-0.2, -0.15) is 5.10 Å². The molecule has 0 radical (unpaired) electrons. The van der Waals surface area contributed by atoms with Crippen LogP contribution in [0.4, 0.5) is 5.69 Å². The van der Waals surface area contributed by atoms with Crippen molar-refractivity contribution in [3.63, 3.8) is 0 Å². The molecule has 0 saturated heterocycles. The van der Waals surface area contributed by atoms with E-state index in [1.165, 1.54) is 5.56 Å². The van der Waals surface area contributed by atoms with Crippen LogP contribution in [0.2, 0.25) is 0 Å². The lowest BCUT2D eigenvalue weighted by molar-refractivity contribution is 0.740. The second kappa shape index (κ2) is 7.06. The lowest BCUT2D eigenvalue weighted by atomic mass is 10.0. The molecule has 2 heterocycles. The van der Waals surface area contributed by atoms with Gasteiger partial charge in [-0.15, -0.1) is 0 Å². The molecule has 0 bridgehead atoms. The fourth-order valence-corrected chi connectivity index (χ4v) is 3.84. The number of anilines is 1. The number of aromatic nitrogens is 3. The van der Waals surface area contributed by atoms with Crippen molar-refractivity contribution in [3.8, 4) is 11.3 Å². The molecule has 0 aliphatic rings. The van der Waals surface area contributed by atoms with Crippen LogP contribution in [-0.2, 0) is 0 Å². The Bertz CT molecular complexity index is 1290. The van der Waals surface area contributed by atoms with E-state index >= 15 is 0 Å². The molecule has 0 amide bonds. The van der Waals surface area contributed by atoms with E-state index in [-0.39, 0.29) is 6.04 Å². The summed E-state index contributed by atoms with van der Waals surface area (Å²) in [7, 11) is 2.14. The third-order valence-electron chi connectivity index (χ3n) is 5.66. The molecular weight excluding hydrogens is 356 g/mol. The van der Waals surface area contributed by atoms with Crippen LogP contribution < -0.4 is 4.90 Å². The summed E-state index contributed by atoms with van der Waals surface area (Å²) in [4.78, 5) is 7.37. The Hall–Kier alpha value is -3.66. The summed E-state index contributed by atoms with van der Waals surface area (Å²) < 4.78 is 0. The van der Waals surface area contributed by atoms with Crippen LogP contribution in [0.5, 0.6) is 0 Å². The van der Waals surface area contributed by atoms with Crippen molar-refractivity contribution in [2.75, 3.05) is 11.9 Å². The van der Waals surface area contributed by atoms with Crippen LogP contribution in [0.25, 0.3) is 33.1 Å². The summed E-state index contributed by atoms with van der Waals surface area (Å²) in [5.41, 5.74) is 6.49. The van der Waals surface area contributed by atoms with Crippen molar-refractivity contribution in [2.24, 2.45) is 0 Å². The van der Waals surface area contributed by atoms with E-state index in [1.54, 1.807) is 0 Å². The Morgan fingerprint density at radius 1 is 0.862 bits per heavy atom. The molecule has 29 heavy (non-hydrogen) atoms. The van der Waals surface area contributed by atoms with Crippen molar-refractivity contribution in [2.45, 2.75) is 13.0 Å². The molecule has 5 rings (SSSR count). The molecule has 1 N–H and O–H groups in total. The minimum absolute atomic E-state index is 0.218. The summed E-state index contributed by atoms with van der Waals surface area (Å²) in [6.45, 7) is 2.23. The Morgan fingerprint density at radius 2 is 1.66 bits per heavy atom. The Morgan fingerprint density at radius 3 is 2.52 bits per heavy atom. The third kappa shape index (κ3) is 3.13. The molecule has 0 aliphatic heterocycles. The number of para-hydroxylation sites is 1. The SMILES string of the molecule is CC(c1ccccc1)N(C)c1cc2ccccc2nc1-c1ccc2[nH]ncc2c1. The van der Waals surface area contributed by atoms with E-state index in [2.05, 4.69) is 102 Å². The summed E-state index contributed by atoms with van der Waals surface area (Å²) in [6.07, 6.45) is 1.86. The zero-order valence-corrected chi connectivity index (χ0v) is 16.5. The number of nitrogens with zero attached hydrogens (tertiary/aromatic N) is 3. The first kappa shape index (κ1) is 17.4. The van der Waals surface area contributed by atoms with Gasteiger partial charge in [0.15, 0.2) is 0 Å². The largest absolute Gasteiger partial charge is 0.366 e. The van der Waals surface area contributed by atoms with Crippen LogP contribution in [0.3, 0.4) is 0 Å². The molecule has 1 atom stereocenters. The highest BCUT2D eigenvalue weighted by Crippen LogP contribution is 2.36. The fourth-order valence-electron chi connectivity index (χ4n) is 3.84. The molecule has 5 aromatic rings. The van der Waals surface area contributed by atoms with E-state index in [9.17, 15) is 0 Å². The van der Waals surface area contributed by atoms with Gasteiger partial charge in [0, 0.05) is 23.4 Å². The summed E-state index contributed by atoms with van der Waals surface area (Å²) in [5.74, 6) is 0. The molecule has 2 aromatic heterocycles. The van der Waals surface area contributed by atoms with Gasteiger partial charge in [-0.1, -0.05) is 54.6 Å². The van der Waals surface area contributed by atoms with Crippen molar-refractivity contribution >= 4 is 27.5 Å². The average Bonchev–Trinajstić information content (AvgIpc) is 3.25. The molecule has 3 aromatic carbocycles. The first-order chi connectivity index (χ1) is 14.2. The number of benzene rings is 3. The fraction of sp³-hybridized carbons (Fsp3) is 0.120. The van der Waals surface area contributed by atoms with E-state index < -0.39 is 0 Å². The summed E-state index contributed by atoms with van der Waals surface area (Å²) in [6, 6.07) is 27.7. The molecule has 0 aliphatic carbocycles. The number of hydrogen-bond donors (Lipinski definition) is 1. The molecule has 142 valence electrons. The maximum absolute atomic E-state index is 5.06. The highest BCUT2D eigenvalue weighted by atomic mass is 15.1. The highest BCUT2D eigenvalue weighted by Gasteiger charge is 2.18. The predicted octanol–water partition coefficient (Wildman–Crippen LogP) is 5.98. The Balaban J connectivity index is 1.69. The average molecular weight is 378 g/mol. The first-order valence-corrected chi connectivity index (χ1v) is 9.82. The first-order valence-electron chi connectivity index (χ1n) is 9.82. The number of fused-ring (bicyclic) bond motifs is 2. The minimum atomic E-state index is 0.218. The van der Waals surface area contributed by atoms with Crippen LogP contribution in [0.1, 0.15) is 18.5 Å². The quantitative estimate of drug-likeness (QED) is 0.419. The van der Waals surface area contributed by atoms with Gasteiger partial charge >= 0.3 is 0 Å². The lowest BCUT2D eigenvalue weighted by Gasteiger charge is -2.29. The van der Waals surface area contributed by atoms with E-state index in [0.717, 1.165) is 38.8 Å². The molecular formula is C25H22N4. The minimum Gasteiger partial charge on any atom is -0.366 e. The smallest absolute Gasteiger partial charge is 0.0943 e. The third-order valence-corrected chi connectivity index (χ3v) is 5.66. The van der Waals surface area contributed by atoms with Gasteiger partial charge in [0.25, 0.3) is 0 Å². The maximum Gasteiger partial charge on any atom is 0.0943 e. The van der Waals surface area contributed by atoms with Gasteiger partial charge < -0.3 is 4.90 Å². The van der Waals surface area contributed by atoms with E-state index in [0.29, 0.717) is 0 Å². The van der Waals surface area contributed by atoms with Crippen molar-refractivity contribution in [1.82, 2.24) is 15.2 Å². The Kier molecular flexibility index (Phi) is 4.24. The van der Waals surface area contributed by atoms with Crippen LogP contribution in [0.15, 0.2) is 85.1 Å². The Labute approximate surface area is 169 Å². The number of pyridine rings is 1. The number of hydrogen-bond acceptors (Lipinski definition) is 3. The zero-order valence-electron chi connectivity index (χ0n) is 16.5. The predicted molar refractivity (Wildman–Crippen MR) is 120 cm³/mol. The number of H-pyrrole nitrogens is 1. The number of nitrogens with one attached hydrogen (secondary N) is 1. The van der Waals surface area contributed by atoms with E-state index in [4.69, 9.17) is 4.98 Å².